The van der Waals surface area contributed by atoms with E-state index in [-0.39, 0.29) is 63.3 Å². The second-order valence-electron chi connectivity index (χ2n) is 6.02. The van der Waals surface area contributed by atoms with Gasteiger partial charge in [0.1, 0.15) is 9.78 Å². The molecule has 1 N–H and O–H groups in total. The van der Waals surface area contributed by atoms with Crippen molar-refractivity contribution in [3.8, 4) is 0 Å². The van der Waals surface area contributed by atoms with Crippen LogP contribution >= 0.6 is 11.3 Å². The smallest absolute Gasteiger partial charge is 0.269 e. The number of hydrogen-bond donors (Lipinski definition) is 1. The Morgan fingerprint density at radius 2 is 1.79 bits per heavy atom. The maximum Gasteiger partial charge on any atom is 0.269 e. The molecule has 0 saturated heterocycles. The summed E-state index contributed by atoms with van der Waals surface area (Å²) in [4.78, 5) is 4.96. The molecule has 3 rings (SSSR count). The SMILES string of the molecule is CC.CCN1c2nc(C(C)C)sc2C(O)=C(c2ccccc2C)S1(=O)=O.[CH3-].[Y]. The Morgan fingerprint density at radius 1 is 1.21 bits per heavy atom. The number of nitrogens with zero attached hydrogens (tertiary/aromatic N) is 2. The van der Waals surface area contributed by atoms with Crippen molar-refractivity contribution >= 4 is 37.8 Å². The molecule has 1 radical (unpaired) electrons. The first-order valence-corrected chi connectivity index (χ1v) is 11.1. The third-order valence-electron chi connectivity index (χ3n) is 4.01. The Kier molecular flexibility index (Phi) is 10.6. The summed E-state index contributed by atoms with van der Waals surface area (Å²) in [5.74, 6) is 0.297. The van der Waals surface area contributed by atoms with Gasteiger partial charge in [0.05, 0.1) is 5.01 Å². The number of rotatable bonds is 3. The molecular formula is C20H29N2O3S2Y-. The van der Waals surface area contributed by atoms with Crippen LogP contribution in [0.25, 0.3) is 10.7 Å². The van der Waals surface area contributed by atoms with E-state index in [1.54, 1.807) is 19.1 Å². The molecule has 0 fully saturated rings. The van der Waals surface area contributed by atoms with Crippen LogP contribution in [0.3, 0.4) is 0 Å². The van der Waals surface area contributed by atoms with Crippen LogP contribution in [0.1, 0.15) is 61.5 Å². The minimum atomic E-state index is -3.86. The van der Waals surface area contributed by atoms with E-state index in [4.69, 9.17) is 0 Å². The molecule has 0 saturated carbocycles. The van der Waals surface area contributed by atoms with Gasteiger partial charge in [0.25, 0.3) is 10.0 Å². The summed E-state index contributed by atoms with van der Waals surface area (Å²) >= 11 is 1.35. The molecule has 0 unspecified atom stereocenters. The van der Waals surface area contributed by atoms with Gasteiger partial charge in [-0.1, -0.05) is 52.0 Å². The molecule has 0 aliphatic carbocycles. The fourth-order valence-electron chi connectivity index (χ4n) is 2.76. The van der Waals surface area contributed by atoms with Gasteiger partial charge in [0, 0.05) is 50.7 Å². The van der Waals surface area contributed by atoms with Gasteiger partial charge < -0.3 is 12.5 Å². The Hall–Kier alpha value is -0.756. The summed E-state index contributed by atoms with van der Waals surface area (Å²) in [5.41, 5.74) is 1.33. The normalized spacial score (nSPS) is 14.5. The van der Waals surface area contributed by atoms with E-state index < -0.39 is 10.0 Å². The number of sulfonamides is 1. The fraction of sp³-hybridized carbons (Fsp3) is 0.400. The van der Waals surface area contributed by atoms with E-state index in [1.165, 1.54) is 15.6 Å². The number of benzene rings is 1. The first kappa shape index (κ1) is 27.2. The van der Waals surface area contributed by atoms with E-state index >= 15 is 0 Å². The summed E-state index contributed by atoms with van der Waals surface area (Å²) in [6, 6.07) is 7.18. The number of aryl methyl sites for hydroxylation is 1. The number of anilines is 1. The molecule has 1 aliphatic heterocycles. The minimum absolute atomic E-state index is 0. The predicted octanol–water partition coefficient (Wildman–Crippen LogP) is 5.60. The number of fused-ring (bicyclic) bond motifs is 1. The molecule has 0 atom stereocenters. The van der Waals surface area contributed by atoms with Gasteiger partial charge in [-0.25, -0.2) is 17.7 Å². The van der Waals surface area contributed by atoms with Crippen molar-refractivity contribution in [1.82, 2.24) is 4.98 Å². The van der Waals surface area contributed by atoms with Crippen LogP contribution < -0.4 is 4.31 Å². The number of aromatic nitrogens is 1. The van der Waals surface area contributed by atoms with E-state index in [0.29, 0.717) is 16.3 Å². The Labute approximate surface area is 198 Å². The number of thiazole rings is 1. The maximum atomic E-state index is 13.1. The van der Waals surface area contributed by atoms with Crippen LogP contribution in [-0.4, -0.2) is 25.1 Å². The van der Waals surface area contributed by atoms with Gasteiger partial charge in [0.15, 0.2) is 11.6 Å². The van der Waals surface area contributed by atoms with Crippen molar-refractivity contribution in [2.75, 3.05) is 10.8 Å². The molecule has 0 amide bonds. The molecule has 2 heterocycles. The number of aliphatic hydroxyl groups excluding tert-OH is 1. The van der Waals surface area contributed by atoms with E-state index in [0.717, 1.165) is 10.6 Å². The average molecular weight is 499 g/mol. The van der Waals surface area contributed by atoms with Crippen LogP contribution in [0.5, 0.6) is 0 Å². The molecule has 0 spiro atoms. The monoisotopic (exact) mass is 498 g/mol. The average Bonchev–Trinajstić information content (AvgIpc) is 3.04. The van der Waals surface area contributed by atoms with Gasteiger partial charge in [-0.15, -0.1) is 11.3 Å². The third kappa shape index (κ3) is 4.69. The van der Waals surface area contributed by atoms with Gasteiger partial charge >= 0.3 is 0 Å². The molecule has 8 heteroatoms. The zero-order valence-corrected chi connectivity index (χ0v) is 22.1. The molecule has 153 valence electrons. The van der Waals surface area contributed by atoms with Crippen molar-refractivity contribution < 1.29 is 46.2 Å². The van der Waals surface area contributed by atoms with Gasteiger partial charge in [-0.3, -0.25) is 0 Å². The van der Waals surface area contributed by atoms with E-state index in [1.807, 2.05) is 46.8 Å². The zero-order valence-electron chi connectivity index (χ0n) is 17.6. The van der Waals surface area contributed by atoms with Crippen LogP contribution in [-0.2, 0) is 42.7 Å². The summed E-state index contributed by atoms with van der Waals surface area (Å²) in [6.07, 6.45) is 0. The standard InChI is InChI=1S/C17H20N2O3S2.C2H6.CH3.Y/c1-5-19-16-14(23-17(18-16)10(2)3)13(20)15(24(19,21)22)12-9-7-6-8-11(12)4;1-2;;/h6-10,20H,5H2,1-4H3;1-2H3;1H3;/q;;-1;. The first-order valence-electron chi connectivity index (χ1n) is 8.82. The maximum absolute atomic E-state index is 13.1. The molecule has 2 aromatic rings. The summed E-state index contributed by atoms with van der Waals surface area (Å²) in [6.45, 7) is 11.9. The van der Waals surface area contributed by atoms with Gasteiger partial charge in [-0.2, -0.15) is 0 Å². The topological polar surface area (TPSA) is 70.5 Å². The second kappa shape index (κ2) is 10.9. The molecule has 1 aliphatic rings. The van der Waals surface area contributed by atoms with Crippen molar-refractivity contribution in [3.63, 3.8) is 0 Å². The fourth-order valence-corrected chi connectivity index (χ4v) is 5.68. The zero-order chi connectivity index (χ0) is 19.6. The predicted molar refractivity (Wildman–Crippen MR) is 117 cm³/mol. The van der Waals surface area contributed by atoms with Crippen molar-refractivity contribution in [3.05, 3.63) is 52.7 Å². The van der Waals surface area contributed by atoms with Crippen molar-refractivity contribution in [2.45, 2.75) is 47.5 Å². The van der Waals surface area contributed by atoms with E-state index in [9.17, 15) is 13.5 Å². The van der Waals surface area contributed by atoms with Crippen molar-refractivity contribution in [2.24, 2.45) is 0 Å². The quantitative estimate of drug-likeness (QED) is 0.559. The largest absolute Gasteiger partial charge is 0.505 e. The van der Waals surface area contributed by atoms with E-state index in [2.05, 4.69) is 4.98 Å². The van der Waals surface area contributed by atoms with Crippen LogP contribution in [0, 0.1) is 14.4 Å². The first-order chi connectivity index (χ1) is 12.3. The number of aliphatic hydroxyl groups is 1. The van der Waals surface area contributed by atoms with Gasteiger partial charge in [-0.05, 0) is 19.4 Å². The minimum Gasteiger partial charge on any atom is -0.505 e. The summed E-state index contributed by atoms with van der Waals surface area (Å²) < 4.78 is 27.5. The molecule has 1 aromatic heterocycles. The Morgan fingerprint density at radius 3 is 2.29 bits per heavy atom. The molecule has 5 nitrogen and oxygen atoms in total. The molecule has 28 heavy (non-hydrogen) atoms. The second-order valence-corrected chi connectivity index (χ2v) is 8.85. The van der Waals surface area contributed by atoms with Crippen LogP contribution in [0.15, 0.2) is 24.3 Å². The Bertz CT molecular complexity index is 935. The van der Waals surface area contributed by atoms with Crippen LogP contribution in [0.4, 0.5) is 5.82 Å². The molecule has 1 aromatic carbocycles. The Balaban J connectivity index is 0.00000177. The molecular weight excluding hydrogens is 469 g/mol. The van der Waals surface area contributed by atoms with Gasteiger partial charge in [0.2, 0.25) is 0 Å². The van der Waals surface area contributed by atoms with Crippen LogP contribution in [0.2, 0.25) is 0 Å². The number of hydrogen-bond acceptors (Lipinski definition) is 5. The van der Waals surface area contributed by atoms with Crippen molar-refractivity contribution in [1.29, 1.82) is 0 Å². The third-order valence-corrected chi connectivity index (χ3v) is 7.30. The summed E-state index contributed by atoms with van der Waals surface area (Å²) in [7, 11) is -3.86. The molecule has 0 bridgehead atoms. The summed E-state index contributed by atoms with van der Waals surface area (Å²) in [5, 5.41) is 11.6.